The second kappa shape index (κ2) is 6.66. The van der Waals surface area contributed by atoms with E-state index in [0.29, 0.717) is 10.6 Å². The van der Waals surface area contributed by atoms with Crippen molar-refractivity contribution >= 4 is 33.0 Å². The minimum absolute atomic E-state index is 0.137. The first-order valence-corrected chi connectivity index (χ1v) is 8.45. The summed E-state index contributed by atoms with van der Waals surface area (Å²) in [7, 11) is -3.54. The highest BCUT2D eigenvalue weighted by atomic mass is 32.2. The number of hydrogen-bond acceptors (Lipinski definition) is 4. The van der Waals surface area contributed by atoms with Gasteiger partial charge in [0.25, 0.3) is 5.91 Å². The minimum atomic E-state index is -3.54. The largest absolute Gasteiger partial charge is 0.321 e. The third kappa shape index (κ3) is 4.01. The summed E-state index contributed by atoms with van der Waals surface area (Å²) < 4.78 is 26.1. The van der Waals surface area contributed by atoms with Gasteiger partial charge in [-0.05, 0) is 35.7 Å². The number of benzene rings is 1. The molecule has 0 aliphatic heterocycles. The van der Waals surface area contributed by atoms with Crippen molar-refractivity contribution in [1.82, 2.24) is 4.72 Å². The number of carbonyl (C=O) groups excluding carboxylic acids is 1. The predicted octanol–water partition coefficient (Wildman–Crippen LogP) is 2.46. The second-order valence-corrected chi connectivity index (χ2v) is 6.81. The van der Waals surface area contributed by atoms with E-state index < -0.39 is 10.0 Å². The van der Waals surface area contributed by atoms with E-state index in [-0.39, 0.29) is 17.3 Å². The van der Waals surface area contributed by atoms with Gasteiger partial charge in [-0.1, -0.05) is 12.1 Å². The SMILES string of the molecule is C=CCNS(=O)(=O)c1ccc(NC(=O)c2cccs2)cc1. The van der Waals surface area contributed by atoms with Crippen molar-refractivity contribution in [3.63, 3.8) is 0 Å². The molecule has 7 heteroatoms. The zero-order chi connectivity index (χ0) is 15.3. The Morgan fingerprint density at radius 1 is 1.24 bits per heavy atom. The van der Waals surface area contributed by atoms with Crippen molar-refractivity contribution in [3.8, 4) is 0 Å². The summed E-state index contributed by atoms with van der Waals surface area (Å²) in [5, 5.41) is 4.52. The monoisotopic (exact) mass is 322 g/mol. The van der Waals surface area contributed by atoms with Gasteiger partial charge in [0, 0.05) is 12.2 Å². The molecule has 1 heterocycles. The van der Waals surface area contributed by atoms with Crippen molar-refractivity contribution in [2.75, 3.05) is 11.9 Å². The van der Waals surface area contributed by atoms with Gasteiger partial charge in [-0.2, -0.15) is 0 Å². The quantitative estimate of drug-likeness (QED) is 0.802. The Bertz CT molecular complexity index is 720. The Hall–Kier alpha value is -1.96. The maximum atomic E-state index is 11.9. The van der Waals surface area contributed by atoms with Gasteiger partial charge in [0.15, 0.2) is 0 Å². The Morgan fingerprint density at radius 3 is 2.52 bits per heavy atom. The Labute approximate surface area is 127 Å². The van der Waals surface area contributed by atoms with Crippen LogP contribution in [-0.4, -0.2) is 20.9 Å². The Morgan fingerprint density at radius 2 is 1.95 bits per heavy atom. The highest BCUT2D eigenvalue weighted by Crippen LogP contribution is 2.16. The molecule has 0 radical (unpaired) electrons. The van der Waals surface area contributed by atoms with E-state index in [2.05, 4.69) is 16.6 Å². The molecule has 0 bridgehead atoms. The molecule has 2 N–H and O–H groups in total. The molecule has 1 aromatic heterocycles. The molecule has 0 aliphatic rings. The van der Waals surface area contributed by atoms with Crippen molar-refractivity contribution in [2.24, 2.45) is 0 Å². The van der Waals surface area contributed by atoms with Gasteiger partial charge in [0.2, 0.25) is 10.0 Å². The van der Waals surface area contributed by atoms with Gasteiger partial charge >= 0.3 is 0 Å². The number of amides is 1. The topological polar surface area (TPSA) is 75.3 Å². The maximum absolute atomic E-state index is 11.9. The van der Waals surface area contributed by atoms with Crippen molar-refractivity contribution < 1.29 is 13.2 Å². The van der Waals surface area contributed by atoms with Gasteiger partial charge in [0.05, 0.1) is 9.77 Å². The Balaban J connectivity index is 2.09. The fourth-order valence-corrected chi connectivity index (χ4v) is 3.19. The van der Waals surface area contributed by atoms with Crippen LogP contribution in [0, 0.1) is 0 Å². The molecule has 0 saturated carbocycles. The number of thiophene rings is 1. The first-order chi connectivity index (χ1) is 10.0. The standard InChI is InChI=1S/C14H14N2O3S2/c1-2-9-15-21(18,19)12-7-5-11(6-8-12)16-14(17)13-4-3-10-20-13/h2-8,10,15H,1,9H2,(H,16,17). The number of rotatable bonds is 6. The molecule has 5 nitrogen and oxygen atoms in total. The molecule has 0 atom stereocenters. The molecule has 21 heavy (non-hydrogen) atoms. The Kier molecular flexibility index (Phi) is 4.89. The predicted molar refractivity (Wildman–Crippen MR) is 84.1 cm³/mol. The summed E-state index contributed by atoms with van der Waals surface area (Å²) in [5.41, 5.74) is 0.538. The van der Waals surface area contributed by atoms with Crippen LogP contribution < -0.4 is 10.0 Å². The van der Waals surface area contributed by atoms with Gasteiger partial charge < -0.3 is 5.32 Å². The lowest BCUT2D eigenvalue weighted by atomic mass is 10.3. The number of nitrogens with one attached hydrogen (secondary N) is 2. The third-order valence-electron chi connectivity index (χ3n) is 2.59. The zero-order valence-electron chi connectivity index (χ0n) is 11.1. The van der Waals surface area contributed by atoms with Gasteiger partial charge in [-0.15, -0.1) is 17.9 Å². The van der Waals surface area contributed by atoms with Crippen LogP contribution in [0.1, 0.15) is 9.67 Å². The molecule has 0 unspecified atom stereocenters. The van der Waals surface area contributed by atoms with Crippen molar-refractivity contribution in [3.05, 3.63) is 59.3 Å². The van der Waals surface area contributed by atoms with E-state index >= 15 is 0 Å². The summed E-state index contributed by atoms with van der Waals surface area (Å²) in [5.74, 6) is -0.217. The second-order valence-electron chi connectivity index (χ2n) is 4.10. The third-order valence-corrected chi connectivity index (χ3v) is 4.89. The van der Waals surface area contributed by atoms with Gasteiger partial charge in [-0.25, -0.2) is 13.1 Å². The number of carbonyl (C=O) groups is 1. The molecule has 0 aliphatic carbocycles. The fraction of sp³-hybridized carbons (Fsp3) is 0.0714. The zero-order valence-corrected chi connectivity index (χ0v) is 12.7. The molecular weight excluding hydrogens is 308 g/mol. The van der Waals surface area contributed by atoms with E-state index in [9.17, 15) is 13.2 Å². The fourth-order valence-electron chi connectivity index (χ4n) is 1.57. The van der Waals surface area contributed by atoms with Gasteiger partial charge in [-0.3, -0.25) is 4.79 Å². The molecule has 0 spiro atoms. The lowest BCUT2D eigenvalue weighted by Crippen LogP contribution is -2.23. The van der Waals surface area contributed by atoms with Gasteiger partial charge in [0.1, 0.15) is 0 Å². The molecule has 1 aromatic carbocycles. The van der Waals surface area contributed by atoms with Crippen LogP contribution in [-0.2, 0) is 10.0 Å². The number of hydrogen-bond donors (Lipinski definition) is 2. The van der Waals surface area contributed by atoms with Crippen molar-refractivity contribution in [2.45, 2.75) is 4.90 Å². The summed E-state index contributed by atoms with van der Waals surface area (Å²) in [6.45, 7) is 3.62. The number of sulfonamides is 1. The van der Waals surface area contributed by atoms with Crippen LogP contribution in [0.2, 0.25) is 0 Å². The lowest BCUT2D eigenvalue weighted by molar-refractivity contribution is 0.103. The summed E-state index contributed by atoms with van der Waals surface area (Å²) in [6.07, 6.45) is 1.47. The molecule has 2 rings (SSSR count). The molecular formula is C14H14N2O3S2. The lowest BCUT2D eigenvalue weighted by Gasteiger charge is -2.07. The summed E-state index contributed by atoms with van der Waals surface area (Å²) in [6, 6.07) is 9.49. The first kappa shape index (κ1) is 15.4. The smallest absolute Gasteiger partial charge is 0.265 e. The van der Waals surface area contributed by atoms with Crippen LogP contribution in [0.25, 0.3) is 0 Å². The molecule has 0 fully saturated rings. The van der Waals surface area contributed by atoms with Crippen LogP contribution in [0.5, 0.6) is 0 Å². The first-order valence-electron chi connectivity index (χ1n) is 6.08. The summed E-state index contributed by atoms with van der Waals surface area (Å²) in [4.78, 5) is 12.6. The van der Waals surface area contributed by atoms with Crippen molar-refractivity contribution in [1.29, 1.82) is 0 Å². The van der Waals surface area contributed by atoms with Crippen LogP contribution in [0.15, 0.2) is 59.3 Å². The normalized spacial score (nSPS) is 11.0. The highest BCUT2D eigenvalue weighted by molar-refractivity contribution is 7.89. The van der Waals surface area contributed by atoms with Crippen LogP contribution in [0.4, 0.5) is 5.69 Å². The van der Waals surface area contributed by atoms with E-state index in [1.54, 1.807) is 24.3 Å². The maximum Gasteiger partial charge on any atom is 0.265 e. The highest BCUT2D eigenvalue weighted by Gasteiger charge is 2.13. The van der Waals surface area contributed by atoms with E-state index in [1.807, 2.05) is 5.38 Å². The van der Waals surface area contributed by atoms with E-state index in [4.69, 9.17) is 0 Å². The van der Waals surface area contributed by atoms with Crippen LogP contribution in [0.3, 0.4) is 0 Å². The molecule has 0 saturated heterocycles. The minimum Gasteiger partial charge on any atom is -0.321 e. The van der Waals surface area contributed by atoms with Crippen LogP contribution >= 0.6 is 11.3 Å². The van der Waals surface area contributed by atoms with E-state index in [0.717, 1.165) is 0 Å². The summed E-state index contributed by atoms with van der Waals surface area (Å²) >= 11 is 1.34. The molecule has 110 valence electrons. The average Bonchev–Trinajstić information content (AvgIpc) is 3.00. The number of anilines is 1. The molecule has 2 aromatic rings. The van der Waals surface area contributed by atoms with E-state index in [1.165, 1.54) is 29.5 Å². The average molecular weight is 322 g/mol. The molecule has 1 amide bonds.